The fourth-order valence-corrected chi connectivity index (χ4v) is 1.66. The van der Waals surface area contributed by atoms with Gasteiger partial charge in [-0.2, -0.15) is 0 Å². The number of hydrazine groups is 1. The summed E-state index contributed by atoms with van der Waals surface area (Å²) in [6.07, 6.45) is 4.39. The molecule has 108 valence electrons. The van der Waals surface area contributed by atoms with E-state index in [9.17, 15) is 0 Å². The van der Waals surface area contributed by atoms with Crippen molar-refractivity contribution in [3.8, 4) is 0 Å². The van der Waals surface area contributed by atoms with Gasteiger partial charge in [0.25, 0.3) is 0 Å². The molecule has 20 heavy (non-hydrogen) atoms. The number of aromatic nitrogens is 5. The lowest BCUT2D eigenvalue weighted by molar-refractivity contribution is 0.178. The van der Waals surface area contributed by atoms with Crippen molar-refractivity contribution in [1.82, 2.24) is 25.0 Å². The van der Waals surface area contributed by atoms with Gasteiger partial charge in [0.15, 0.2) is 5.82 Å². The minimum absolute atomic E-state index is 0.336. The van der Waals surface area contributed by atoms with Crippen LogP contribution in [0.3, 0.4) is 0 Å². The monoisotopic (exact) mass is 278 g/mol. The zero-order valence-corrected chi connectivity index (χ0v) is 11.3. The SMILES string of the molecule is COCc1nc(NN)cc(NCCCn2ccnn2)n1. The Morgan fingerprint density at radius 3 is 2.90 bits per heavy atom. The summed E-state index contributed by atoms with van der Waals surface area (Å²) in [6, 6.07) is 1.74. The maximum absolute atomic E-state index is 5.38. The summed E-state index contributed by atoms with van der Waals surface area (Å²) in [7, 11) is 1.59. The Hall–Kier alpha value is -2.26. The van der Waals surface area contributed by atoms with Gasteiger partial charge in [0.1, 0.15) is 18.2 Å². The molecule has 0 aliphatic carbocycles. The van der Waals surface area contributed by atoms with E-state index in [1.165, 1.54) is 0 Å². The van der Waals surface area contributed by atoms with E-state index < -0.39 is 0 Å². The molecule has 0 saturated carbocycles. The van der Waals surface area contributed by atoms with E-state index in [0.717, 1.165) is 19.5 Å². The number of methoxy groups -OCH3 is 1. The molecule has 2 heterocycles. The van der Waals surface area contributed by atoms with Crippen LogP contribution >= 0.6 is 0 Å². The molecule has 0 aromatic carbocycles. The average molecular weight is 278 g/mol. The second kappa shape index (κ2) is 7.36. The van der Waals surface area contributed by atoms with Crippen LogP contribution in [0, 0.1) is 0 Å². The van der Waals surface area contributed by atoms with Crippen LogP contribution in [0.15, 0.2) is 18.5 Å². The van der Waals surface area contributed by atoms with Crippen molar-refractivity contribution < 1.29 is 4.74 Å². The molecule has 2 aromatic rings. The first kappa shape index (κ1) is 14.2. The van der Waals surface area contributed by atoms with Crippen LogP contribution < -0.4 is 16.6 Å². The molecule has 0 radical (unpaired) electrons. The van der Waals surface area contributed by atoms with Crippen LogP contribution in [0.1, 0.15) is 12.2 Å². The fourth-order valence-electron chi connectivity index (χ4n) is 1.66. The van der Waals surface area contributed by atoms with Gasteiger partial charge in [-0.25, -0.2) is 15.8 Å². The predicted molar refractivity (Wildman–Crippen MR) is 73.7 cm³/mol. The van der Waals surface area contributed by atoms with Crippen molar-refractivity contribution in [3.63, 3.8) is 0 Å². The van der Waals surface area contributed by atoms with Crippen molar-refractivity contribution in [1.29, 1.82) is 0 Å². The minimum atomic E-state index is 0.336. The van der Waals surface area contributed by atoms with Crippen LogP contribution in [-0.2, 0) is 17.9 Å². The van der Waals surface area contributed by atoms with E-state index in [2.05, 4.69) is 31.0 Å². The van der Waals surface area contributed by atoms with E-state index >= 15 is 0 Å². The Kier molecular flexibility index (Phi) is 5.21. The summed E-state index contributed by atoms with van der Waals surface area (Å²) in [4.78, 5) is 8.50. The van der Waals surface area contributed by atoms with Gasteiger partial charge in [0, 0.05) is 32.5 Å². The van der Waals surface area contributed by atoms with Crippen molar-refractivity contribution in [2.24, 2.45) is 5.84 Å². The standard InChI is InChI=1S/C11H18N8O/c1-20-8-11-15-9(7-10(16-11)17-12)13-3-2-5-19-6-4-14-18-19/h4,6-7H,2-3,5,8,12H2,1H3,(H2,13,15,16,17). The summed E-state index contributed by atoms with van der Waals surface area (Å²) in [5.41, 5.74) is 2.51. The molecular weight excluding hydrogens is 260 g/mol. The van der Waals surface area contributed by atoms with Gasteiger partial charge < -0.3 is 15.5 Å². The normalized spacial score (nSPS) is 10.5. The molecule has 0 unspecified atom stereocenters. The van der Waals surface area contributed by atoms with Gasteiger partial charge in [-0.15, -0.1) is 5.10 Å². The van der Waals surface area contributed by atoms with Crippen LogP contribution in [0.2, 0.25) is 0 Å². The first-order valence-electron chi connectivity index (χ1n) is 6.23. The van der Waals surface area contributed by atoms with Gasteiger partial charge in [-0.1, -0.05) is 5.21 Å². The Bertz CT molecular complexity index is 515. The third-order valence-electron chi connectivity index (χ3n) is 2.54. The fraction of sp³-hybridized carbons (Fsp3) is 0.455. The molecular formula is C11H18N8O. The van der Waals surface area contributed by atoms with Crippen molar-refractivity contribution >= 4 is 11.6 Å². The molecule has 0 aliphatic rings. The third-order valence-corrected chi connectivity index (χ3v) is 2.54. The number of hydrogen-bond donors (Lipinski definition) is 3. The molecule has 0 spiro atoms. The Balaban J connectivity index is 1.86. The number of nitrogens with one attached hydrogen (secondary N) is 2. The molecule has 0 atom stereocenters. The van der Waals surface area contributed by atoms with Gasteiger partial charge >= 0.3 is 0 Å². The van der Waals surface area contributed by atoms with Crippen LogP contribution in [-0.4, -0.2) is 38.6 Å². The molecule has 2 aromatic heterocycles. The van der Waals surface area contributed by atoms with E-state index in [0.29, 0.717) is 24.1 Å². The van der Waals surface area contributed by atoms with Crippen molar-refractivity contribution in [2.75, 3.05) is 24.4 Å². The van der Waals surface area contributed by atoms with E-state index in [1.54, 1.807) is 24.1 Å². The lowest BCUT2D eigenvalue weighted by Crippen LogP contribution is -2.13. The molecule has 9 nitrogen and oxygen atoms in total. The number of nitrogens with two attached hydrogens (primary N) is 1. The molecule has 4 N–H and O–H groups in total. The number of nitrogen functional groups attached to an aromatic ring is 1. The number of rotatable bonds is 8. The zero-order chi connectivity index (χ0) is 14.2. The van der Waals surface area contributed by atoms with Crippen LogP contribution in [0.4, 0.5) is 11.6 Å². The Labute approximate surface area is 116 Å². The van der Waals surface area contributed by atoms with Gasteiger partial charge in [-0.3, -0.25) is 4.68 Å². The molecule has 0 fully saturated rings. The molecule has 0 bridgehead atoms. The summed E-state index contributed by atoms with van der Waals surface area (Å²) in [5, 5.41) is 10.9. The Morgan fingerprint density at radius 2 is 2.20 bits per heavy atom. The van der Waals surface area contributed by atoms with Gasteiger partial charge in [0.2, 0.25) is 0 Å². The van der Waals surface area contributed by atoms with Gasteiger partial charge in [0.05, 0.1) is 6.20 Å². The van der Waals surface area contributed by atoms with E-state index in [4.69, 9.17) is 10.6 Å². The summed E-state index contributed by atoms with van der Waals surface area (Å²) < 4.78 is 6.80. The summed E-state index contributed by atoms with van der Waals surface area (Å²) >= 11 is 0. The van der Waals surface area contributed by atoms with Crippen LogP contribution in [0.25, 0.3) is 0 Å². The Morgan fingerprint density at radius 1 is 1.35 bits per heavy atom. The summed E-state index contributed by atoms with van der Waals surface area (Å²) in [5.74, 6) is 7.20. The maximum Gasteiger partial charge on any atom is 0.158 e. The van der Waals surface area contributed by atoms with Gasteiger partial charge in [-0.05, 0) is 6.42 Å². The lowest BCUT2D eigenvalue weighted by atomic mass is 10.4. The highest BCUT2D eigenvalue weighted by Crippen LogP contribution is 2.11. The first-order valence-corrected chi connectivity index (χ1v) is 6.23. The molecule has 0 amide bonds. The summed E-state index contributed by atoms with van der Waals surface area (Å²) in [6.45, 7) is 1.89. The van der Waals surface area contributed by atoms with Crippen molar-refractivity contribution in [3.05, 3.63) is 24.3 Å². The lowest BCUT2D eigenvalue weighted by Gasteiger charge is -2.09. The first-order chi connectivity index (χ1) is 9.81. The highest BCUT2D eigenvalue weighted by atomic mass is 16.5. The highest BCUT2D eigenvalue weighted by Gasteiger charge is 2.03. The topological polar surface area (TPSA) is 116 Å². The average Bonchev–Trinajstić information content (AvgIpc) is 2.97. The second-order valence-corrected chi connectivity index (χ2v) is 4.08. The predicted octanol–water partition coefficient (Wildman–Crippen LogP) is 0.00230. The highest BCUT2D eigenvalue weighted by molar-refractivity contribution is 5.46. The van der Waals surface area contributed by atoms with E-state index in [1.807, 2.05) is 6.20 Å². The largest absolute Gasteiger partial charge is 0.377 e. The number of nitrogens with zero attached hydrogens (tertiary/aromatic N) is 5. The number of ether oxygens (including phenoxy) is 1. The zero-order valence-electron chi connectivity index (χ0n) is 11.3. The van der Waals surface area contributed by atoms with E-state index in [-0.39, 0.29) is 0 Å². The molecule has 9 heteroatoms. The quantitative estimate of drug-likeness (QED) is 0.351. The van der Waals surface area contributed by atoms with Crippen molar-refractivity contribution in [2.45, 2.75) is 19.6 Å². The maximum atomic E-state index is 5.38. The molecule has 2 rings (SSSR count). The number of anilines is 2. The minimum Gasteiger partial charge on any atom is -0.377 e. The number of aryl methyl sites for hydroxylation is 1. The molecule has 0 aliphatic heterocycles. The second-order valence-electron chi connectivity index (χ2n) is 4.08. The molecule has 0 saturated heterocycles. The number of hydrogen-bond acceptors (Lipinski definition) is 8. The smallest absolute Gasteiger partial charge is 0.158 e. The third kappa shape index (κ3) is 4.14. The van der Waals surface area contributed by atoms with Crippen LogP contribution in [0.5, 0.6) is 0 Å².